The summed E-state index contributed by atoms with van der Waals surface area (Å²) < 4.78 is 30.6. The van der Waals surface area contributed by atoms with Gasteiger partial charge in [-0.25, -0.2) is 13.1 Å². The Kier molecular flexibility index (Phi) is 4.28. The van der Waals surface area contributed by atoms with E-state index < -0.39 is 10.0 Å². The van der Waals surface area contributed by atoms with Gasteiger partial charge in [0.25, 0.3) is 0 Å². The molecule has 0 radical (unpaired) electrons. The monoisotopic (exact) mass is 244 g/mol. The van der Waals surface area contributed by atoms with Gasteiger partial charge in [0.05, 0.1) is 4.90 Å². The minimum Gasteiger partial charge on any atom is -0.492 e. The summed E-state index contributed by atoms with van der Waals surface area (Å²) in [6, 6.07) is 4.71. The highest BCUT2D eigenvalue weighted by Gasteiger charge is 2.12. The van der Waals surface area contributed by atoms with Crippen LogP contribution >= 0.6 is 0 Å². The molecule has 0 aliphatic rings. The Bertz CT molecular complexity index is 457. The lowest BCUT2D eigenvalue weighted by atomic mass is 10.2. The van der Waals surface area contributed by atoms with Crippen molar-refractivity contribution in [2.75, 3.05) is 20.2 Å². The lowest BCUT2D eigenvalue weighted by molar-refractivity contribution is 0.326. The fraction of sp³-hybridized carbons (Fsp3) is 0.400. The molecule has 0 unspecified atom stereocenters. The molecule has 0 atom stereocenters. The molecule has 90 valence electrons. The van der Waals surface area contributed by atoms with Gasteiger partial charge in [-0.1, -0.05) is 0 Å². The molecule has 0 aliphatic heterocycles. The van der Waals surface area contributed by atoms with Crippen molar-refractivity contribution in [3.8, 4) is 5.75 Å². The van der Waals surface area contributed by atoms with Crippen LogP contribution in [0.5, 0.6) is 5.75 Å². The molecule has 3 N–H and O–H groups in total. The number of benzene rings is 1. The Morgan fingerprint density at radius 1 is 1.44 bits per heavy atom. The molecule has 0 spiro atoms. The van der Waals surface area contributed by atoms with Gasteiger partial charge in [-0.2, -0.15) is 0 Å². The maximum absolute atomic E-state index is 11.5. The van der Waals surface area contributed by atoms with Gasteiger partial charge in [0.15, 0.2) is 0 Å². The second-order valence-corrected chi connectivity index (χ2v) is 5.16. The summed E-state index contributed by atoms with van der Waals surface area (Å²) in [7, 11) is -2.01. The quantitative estimate of drug-likeness (QED) is 0.777. The zero-order chi connectivity index (χ0) is 12.2. The van der Waals surface area contributed by atoms with E-state index in [1.165, 1.54) is 13.1 Å². The van der Waals surface area contributed by atoms with Gasteiger partial charge >= 0.3 is 0 Å². The Morgan fingerprint density at radius 2 is 2.12 bits per heavy atom. The Labute approximate surface area is 95.7 Å². The van der Waals surface area contributed by atoms with E-state index >= 15 is 0 Å². The van der Waals surface area contributed by atoms with Gasteiger partial charge < -0.3 is 10.5 Å². The molecule has 0 aliphatic carbocycles. The first-order valence-corrected chi connectivity index (χ1v) is 6.36. The summed E-state index contributed by atoms with van der Waals surface area (Å²) in [4.78, 5) is 0.229. The number of sulfonamides is 1. The first-order valence-electron chi connectivity index (χ1n) is 4.88. The average Bonchev–Trinajstić information content (AvgIpc) is 2.27. The Hall–Kier alpha value is -1.11. The van der Waals surface area contributed by atoms with Crippen LogP contribution in [0.3, 0.4) is 0 Å². The van der Waals surface area contributed by atoms with E-state index in [1.807, 2.05) is 0 Å². The lowest BCUT2D eigenvalue weighted by Gasteiger charge is -2.09. The molecule has 0 fully saturated rings. The molecule has 5 nitrogen and oxygen atoms in total. The van der Waals surface area contributed by atoms with Crippen LogP contribution in [0, 0.1) is 6.92 Å². The standard InChI is InChI=1S/C10H16N2O3S/c1-8-7-9(16(13,14)12-2)3-4-10(8)15-6-5-11/h3-4,7,12H,5-6,11H2,1-2H3. The van der Waals surface area contributed by atoms with Gasteiger partial charge in [-0.15, -0.1) is 0 Å². The Morgan fingerprint density at radius 3 is 2.62 bits per heavy atom. The van der Waals surface area contributed by atoms with Crippen LogP contribution in [0.2, 0.25) is 0 Å². The highest BCUT2D eigenvalue weighted by Crippen LogP contribution is 2.21. The van der Waals surface area contributed by atoms with Crippen molar-refractivity contribution in [2.24, 2.45) is 5.73 Å². The molecule has 0 saturated carbocycles. The molecule has 0 amide bonds. The molecular weight excluding hydrogens is 228 g/mol. The summed E-state index contributed by atoms with van der Waals surface area (Å²) in [5.41, 5.74) is 6.08. The van der Waals surface area contributed by atoms with E-state index in [4.69, 9.17) is 10.5 Å². The second-order valence-electron chi connectivity index (χ2n) is 3.27. The molecule has 0 heterocycles. The van der Waals surface area contributed by atoms with Gasteiger partial charge in [-0.05, 0) is 37.7 Å². The van der Waals surface area contributed by atoms with Crippen molar-refractivity contribution >= 4 is 10.0 Å². The summed E-state index contributed by atoms with van der Waals surface area (Å²) in [5, 5.41) is 0. The van der Waals surface area contributed by atoms with E-state index in [-0.39, 0.29) is 4.90 Å². The van der Waals surface area contributed by atoms with Crippen LogP contribution in [0.15, 0.2) is 23.1 Å². The fourth-order valence-corrected chi connectivity index (χ4v) is 2.05. The SMILES string of the molecule is CNS(=O)(=O)c1ccc(OCCN)c(C)c1. The third kappa shape index (κ3) is 2.94. The molecule has 0 aromatic heterocycles. The summed E-state index contributed by atoms with van der Waals surface area (Å²) >= 11 is 0. The van der Waals surface area contributed by atoms with E-state index in [0.717, 1.165) is 5.56 Å². The van der Waals surface area contributed by atoms with Crippen LogP contribution in [0.4, 0.5) is 0 Å². The number of aryl methyl sites for hydroxylation is 1. The van der Waals surface area contributed by atoms with Crippen LogP contribution in [-0.2, 0) is 10.0 Å². The van der Waals surface area contributed by atoms with E-state index in [0.29, 0.717) is 18.9 Å². The molecule has 0 saturated heterocycles. The highest BCUT2D eigenvalue weighted by atomic mass is 32.2. The predicted molar refractivity (Wildman–Crippen MR) is 62.0 cm³/mol. The third-order valence-electron chi connectivity index (χ3n) is 2.10. The molecular formula is C10H16N2O3S. The number of rotatable bonds is 5. The molecule has 0 bridgehead atoms. The smallest absolute Gasteiger partial charge is 0.240 e. The minimum atomic E-state index is -3.39. The van der Waals surface area contributed by atoms with Crippen LogP contribution in [0.1, 0.15) is 5.56 Å². The number of ether oxygens (including phenoxy) is 1. The van der Waals surface area contributed by atoms with Gasteiger partial charge in [-0.3, -0.25) is 0 Å². The number of nitrogens with one attached hydrogen (secondary N) is 1. The van der Waals surface area contributed by atoms with Crippen molar-refractivity contribution < 1.29 is 13.2 Å². The minimum absolute atomic E-state index is 0.229. The average molecular weight is 244 g/mol. The van der Waals surface area contributed by atoms with Crippen molar-refractivity contribution in [1.29, 1.82) is 0 Å². The van der Waals surface area contributed by atoms with E-state index in [1.54, 1.807) is 19.1 Å². The predicted octanol–water partition coefficient (Wildman–Crippen LogP) is 0.241. The lowest BCUT2D eigenvalue weighted by Crippen LogP contribution is -2.18. The van der Waals surface area contributed by atoms with Crippen LogP contribution < -0.4 is 15.2 Å². The molecule has 6 heteroatoms. The number of hydrogen-bond acceptors (Lipinski definition) is 4. The second kappa shape index (κ2) is 5.29. The Balaban J connectivity index is 3.00. The molecule has 1 aromatic rings. The molecule has 16 heavy (non-hydrogen) atoms. The number of nitrogens with two attached hydrogens (primary N) is 1. The summed E-state index contributed by atoms with van der Waals surface area (Å²) in [6.45, 7) is 2.63. The van der Waals surface area contributed by atoms with Crippen LogP contribution in [-0.4, -0.2) is 28.6 Å². The van der Waals surface area contributed by atoms with Crippen molar-refractivity contribution in [3.63, 3.8) is 0 Å². The normalized spacial score (nSPS) is 11.4. The zero-order valence-corrected chi connectivity index (χ0v) is 10.2. The van der Waals surface area contributed by atoms with Crippen molar-refractivity contribution in [2.45, 2.75) is 11.8 Å². The summed E-state index contributed by atoms with van der Waals surface area (Å²) in [6.07, 6.45) is 0. The van der Waals surface area contributed by atoms with Crippen molar-refractivity contribution in [3.05, 3.63) is 23.8 Å². The number of hydrogen-bond donors (Lipinski definition) is 2. The fourth-order valence-electron chi connectivity index (χ4n) is 1.24. The van der Waals surface area contributed by atoms with Gasteiger partial charge in [0.2, 0.25) is 10.0 Å². The van der Waals surface area contributed by atoms with Gasteiger partial charge in [0.1, 0.15) is 12.4 Å². The first kappa shape index (κ1) is 13.0. The zero-order valence-electron chi connectivity index (χ0n) is 9.36. The molecule has 1 rings (SSSR count). The topological polar surface area (TPSA) is 81.4 Å². The molecule has 1 aromatic carbocycles. The summed E-state index contributed by atoms with van der Waals surface area (Å²) in [5.74, 6) is 0.653. The first-order chi connectivity index (χ1) is 7.51. The highest BCUT2D eigenvalue weighted by molar-refractivity contribution is 7.89. The third-order valence-corrected chi connectivity index (χ3v) is 3.51. The largest absolute Gasteiger partial charge is 0.492 e. The van der Waals surface area contributed by atoms with Crippen LogP contribution in [0.25, 0.3) is 0 Å². The van der Waals surface area contributed by atoms with E-state index in [2.05, 4.69) is 4.72 Å². The van der Waals surface area contributed by atoms with Crippen molar-refractivity contribution in [1.82, 2.24) is 4.72 Å². The van der Waals surface area contributed by atoms with Gasteiger partial charge in [0, 0.05) is 6.54 Å². The van der Waals surface area contributed by atoms with E-state index in [9.17, 15) is 8.42 Å². The maximum atomic E-state index is 11.5. The maximum Gasteiger partial charge on any atom is 0.240 e.